The van der Waals surface area contributed by atoms with E-state index in [-0.39, 0.29) is 12.5 Å². The Kier molecular flexibility index (Phi) is 5.36. The molecule has 0 aliphatic rings. The number of nitrogens with one attached hydrogen (secondary N) is 1. The Morgan fingerprint density at radius 3 is 2.05 bits per heavy atom. The van der Waals surface area contributed by atoms with E-state index < -0.39 is 11.7 Å². The van der Waals surface area contributed by atoms with Gasteiger partial charge in [-0.25, -0.2) is 0 Å². The molecular formula is C14H19NO4. The average Bonchev–Trinajstić information content (AvgIpc) is 2.43. The Hall–Kier alpha value is -2.04. The number of hydrogen-bond donors (Lipinski definition) is 1. The first-order valence-electron chi connectivity index (χ1n) is 6.02. The minimum absolute atomic E-state index is 0.255. The summed E-state index contributed by atoms with van der Waals surface area (Å²) in [5, 5.41) is 2.58. The van der Waals surface area contributed by atoms with Gasteiger partial charge in [0.25, 0.3) is 5.91 Å². The summed E-state index contributed by atoms with van der Waals surface area (Å²) in [7, 11) is 3.11. The van der Waals surface area contributed by atoms with Crippen LogP contribution in [0.4, 0.5) is 0 Å². The van der Waals surface area contributed by atoms with Gasteiger partial charge < -0.3 is 14.8 Å². The minimum Gasteiger partial charge on any atom is -0.497 e. The Labute approximate surface area is 112 Å². The van der Waals surface area contributed by atoms with Crippen LogP contribution in [-0.4, -0.2) is 25.9 Å². The Balaban J connectivity index is 2.72. The van der Waals surface area contributed by atoms with E-state index in [9.17, 15) is 9.59 Å². The maximum atomic E-state index is 11.5. The largest absolute Gasteiger partial charge is 0.497 e. The molecule has 104 valence electrons. The molecule has 1 aromatic rings. The summed E-state index contributed by atoms with van der Waals surface area (Å²) >= 11 is 0. The molecule has 0 aliphatic carbocycles. The first kappa shape index (κ1) is 15.0. The number of ketones is 1. The van der Waals surface area contributed by atoms with Crippen LogP contribution in [0.3, 0.4) is 0 Å². The smallest absolute Gasteiger partial charge is 0.287 e. The SMILES string of the molecule is COc1cc(CNC(=O)C(=O)C(C)C)cc(OC)c1. The van der Waals surface area contributed by atoms with E-state index in [4.69, 9.17) is 9.47 Å². The Morgan fingerprint density at radius 2 is 1.63 bits per heavy atom. The van der Waals surface area contributed by atoms with Crippen molar-refractivity contribution in [2.24, 2.45) is 5.92 Å². The molecule has 0 fully saturated rings. The van der Waals surface area contributed by atoms with Gasteiger partial charge in [0, 0.05) is 18.5 Å². The molecule has 0 spiro atoms. The summed E-state index contributed by atoms with van der Waals surface area (Å²) in [5.41, 5.74) is 0.807. The Morgan fingerprint density at radius 1 is 1.11 bits per heavy atom. The van der Waals surface area contributed by atoms with Crippen molar-refractivity contribution in [3.63, 3.8) is 0 Å². The number of hydrogen-bond acceptors (Lipinski definition) is 4. The van der Waals surface area contributed by atoms with Crippen molar-refractivity contribution in [1.82, 2.24) is 5.32 Å². The molecule has 0 heterocycles. The Bertz CT molecular complexity index is 446. The van der Waals surface area contributed by atoms with Crippen molar-refractivity contribution in [2.75, 3.05) is 14.2 Å². The number of benzene rings is 1. The van der Waals surface area contributed by atoms with Gasteiger partial charge in [-0.2, -0.15) is 0 Å². The molecule has 0 radical (unpaired) electrons. The molecule has 5 nitrogen and oxygen atoms in total. The molecule has 0 bridgehead atoms. The van der Waals surface area contributed by atoms with Crippen molar-refractivity contribution in [3.05, 3.63) is 23.8 Å². The van der Waals surface area contributed by atoms with Crippen LogP contribution in [0.2, 0.25) is 0 Å². The summed E-state index contributed by atoms with van der Waals surface area (Å²) in [4.78, 5) is 23.0. The van der Waals surface area contributed by atoms with Gasteiger partial charge in [-0.3, -0.25) is 9.59 Å². The molecule has 1 aromatic carbocycles. The lowest BCUT2D eigenvalue weighted by atomic mass is 10.1. The van der Waals surface area contributed by atoms with Crippen molar-refractivity contribution in [2.45, 2.75) is 20.4 Å². The summed E-state index contributed by atoms with van der Waals surface area (Å²) in [6.45, 7) is 3.64. The predicted octanol–water partition coefficient (Wildman–Crippen LogP) is 1.55. The third kappa shape index (κ3) is 4.28. The van der Waals surface area contributed by atoms with Crippen molar-refractivity contribution < 1.29 is 19.1 Å². The van der Waals surface area contributed by atoms with E-state index in [2.05, 4.69) is 5.32 Å². The zero-order chi connectivity index (χ0) is 14.4. The number of carbonyl (C=O) groups excluding carboxylic acids is 2. The van der Waals surface area contributed by atoms with Gasteiger partial charge in [-0.15, -0.1) is 0 Å². The number of ether oxygens (including phenoxy) is 2. The maximum Gasteiger partial charge on any atom is 0.287 e. The monoisotopic (exact) mass is 265 g/mol. The highest BCUT2D eigenvalue weighted by atomic mass is 16.5. The van der Waals surface area contributed by atoms with Crippen LogP contribution < -0.4 is 14.8 Å². The van der Waals surface area contributed by atoms with Crippen LogP contribution in [0, 0.1) is 5.92 Å². The number of Topliss-reactive ketones (excluding diaryl/α,β-unsaturated/α-hetero) is 1. The highest BCUT2D eigenvalue weighted by Crippen LogP contribution is 2.22. The van der Waals surface area contributed by atoms with E-state index in [1.165, 1.54) is 0 Å². The van der Waals surface area contributed by atoms with Gasteiger partial charge in [0.1, 0.15) is 11.5 Å². The first-order chi connectivity index (χ1) is 8.97. The third-order valence-corrected chi connectivity index (χ3v) is 2.61. The van der Waals surface area contributed by atoms with Crippen LogP contribution in [-0.2, 0) is 16.1 Å². The predicted molar refractivity (Wildman–Crippen MR) is 71.2 cm³/mol. The standard InChI is InChI=1S/C14H19NO4/c1-9(2)13(16)14(17)15-8-10-5-11(18-3)7-12(6-10)19-4/h5-7,9H,8H2,1-4H3,(H,15,17). The molecule has 19 heavy (non-hydrogen) atoms. The van der Waals surface area contributed by atoms with E-state index in [1.807, 2.05) is 0 Å². The molecule has 0 atom stereocenters. The number of rotatable bonds is 6. The zero-order valence-electron chi connectivity index (χ0n) is 11.6. The van der Waals surface area contributed by atoms with Gasteiger partial charge in [0.2, 0.25) is 5.78 Å². The third-order valence-electron chi connectivity index (χ3n) is 2.61. The molecule has 0 aliphatic heterocycles. The van der Waals surface area contributed by atoms with Crippen LogP contribution in [0.15, 0.2) is 18.2 Å². The van der Waals surface area contributed by atoms with Gasteiger partial charge in [0.15, 0.2) is 0 Å². The first-order valence-corrected chi connectivity index (χ1v) is 6.02. The minimum atomic E-state index is -0.572. The topological polar surface area (TPSA) is 64.6 Å². The lowest BCUT2D eigenvalue weighted by molar-refractivity contribution is -0.139. The summed E-state index contributed by atoms with van der Waals surface area (Å²) < 4.78 is 10.3. The molecular weight excluding hydrogens is 246 g/mol. The van der Waals surface area contributed by atoms with Gasteiger partial charge in [-0.05, 0) is 17.7 Å². The fraction of sp³-hybridized carbons (Fsp3) is 0.429. The van der Waals surface area contributed by atoms with Gasteiger partial charge >= 0.3 is 0 Å². The fourth-order valence-corrected chi connectivity index (χ4v) is 1.50. The van der Waals surface area contributed by atoms with Crippen LogP contribution in [0.5, 0.6) is 11.5 Å². The fourth-order valence-electron chi connectivity index (χ4n) is 1.50. The van der Waals surface area contributed by atoms with Crippen molar-refractivity contribution >= 4 is 11.7 Å². The number of carbonyl (C=O) groups is 2. The summed E-state index contributed by atoms with van der Waals surface area (Å²) in [6, 6.07) is 5.30. The van der Waals surface area contributed by atoms with Crippen LogP contribution >= 0.6 is 0 Å². The second-order valence-electron chi connectivity index (χ2n) is 4.42. The van der Waals surface area contributed by atoms with Crippen LogP contribution in [0.1, 0.15) is 19.4 Å². The molecule has 1 rings (SSSR count). The molecule has 1 amide bonds. The zero-order valence-corrected chi connectivity index (χ0v) is 11.6. The van der Waals surface area contributed by atoms with Gasteiger partial charge in [-0.1, -0.05) is 13.8 Å². The molecule has 0 unspecified atom stereocenters. The quantitative estimate of drug-likeness (QED) is 0.792. The lowest BCUT2D eigenvalue weighted by Gasteiger charge is -2.10. The van der Waals surface area contributed by atoms with E-state index in [1.54, 1.807) is 46.3 Å². The molecule has 1 N–H and O–H groups in total. The molecule has 0 saturated heterocycles. The normalized spacial score (nSPS) is 10.2. The van der Waals surface area contributed by atoms with Gasteiger partial charge in [0.05, 0.1) is 14.2 Å². The molecule has 0 aromatic heterocycles. The second-order valence-corrected chi connectivity index (χ2v) is 4.42. The maximum absolute atomic E-state index is 11.5. The molecule has 0 saturated carbocycles. The van der Waals surface area contributed by atoms with E-state index in [0.717, 1.165) is 5.56 Å². The molecule has 5 heteroatoms. The van der Waals surface area contributed by atoms with Crippen molar-refractivity contribution in [3.8, 4) is 11.5 Å². The van der Waals surface area contributed by atoms with Crippen LogP contribution in [0.25, 0.3) is 0 Å². The summed E-state index contributed by atoms with van der Waals surface area (Å²) in [5.74, 6) is -0.0240. The van der Waals surface area contributed by atoms with Crippen molar-refractivity contribution in [1.29, 1.82) is 0 Å². The highest BCUT2D eigenvalue weighted by molar-refractivity contribution is 6.36. The number of amides is 1. The highest BCUT2D eigenvalue weighted by Gasteiger charge is 2.16. The second kappa shape index (κ2) is 6.78. The average molecular weight is 265 g/mol. The number of methoxy groups -OCH3 is 2. The van der Waals surface area contributed by atoms with E-state index >= 15 is 0 Å². The summed E-state index contributed by atoms with van der Waals surface area (Å²) in [6.07, 6.45) is 0. The lowest BCUT2D eigenvalue weighted by Crippen LogP contribution is -2.33. The van der Waals surface area contributed by atoms with E-state index in [0.29, 0.717) is 11.5 Å².